The second-order valence-electron chi connectivity index (χ2n) is 5.00. The van der Waals surface area contributed by atoms with Crippen LogP contribution in [-0.2, 0) is 14.4 Å². The molecule has 24 heavy (non-hydrogen) atoms. The number of aliphatic hydroxyl groups excluding tert-OH is 1. The van der Waals surface area contributed by atoms with Gasteiger partial charge in [-0.2, -0.15) is 11.3 Å². The second kappa shape index (κ2) is 8.23. The van der Waals surface area contributed by atoms with Crippen LogP contribution >= 0.6 is 11.3 Å². The Morgan fingerprint density at radius 3 is 2.21 bits per heavy atom. The van der Waals surface area contributed by atoms with Crippen LogP contribution in [-0.4, -0.2) is 29.4 Å². The zero-order valence-electron chi connectivity index (χ0n) is 12.9. The van der Waals surface area contributed by atoms with Crippen molar-refractivity contribution in [3.05, 3.63) is 46.7 Å². The van der Waals surface area contributed by atoms with Crippen molar-refractivity contribution in [1.82, 2.24) is 5.32 Å². The number of benzene rings is 1. The number of hydrogen-bond donors (Lipinski definition) is 4. The van der Waals surface area contributed by atoms with Gasteiger partial charge in [-0.05, 0) is 46.7 Å². The Kier molecular flexibility index (Phi) is 6.05. The highest BCUT2D eigenvalue weighted by Crippen LogP contribution is 2.15. The van der Waals surface area contributed by atoms with Crippen molar-refractivity contribution in [3.63, 3.8) is 0 Å². The molecule has 1 aromatic carbocycles. The molecule has 1 heterocycles. The summed E-state index contributed by atoms with van der Waals surface area (Å²) >= 11 is 1.44. The predicted molar refractivity (Wildman–Crippen MR) is 91.7 cm³/mol. The van der Waals surface area contributed by atoms with Gasteiger partial charge in [-0.15, -0.1) is 0 Å². The number of hydrogen-bond acceptors (Lipinski definition) is 5. The van der Waals surface area contributed by atoms with Crippen molar-refractivity contribution < 1.29 is 19.5 Å². The average Bonchev–Trinajstić information content (AvgIpc) is 3.08. The van der Waals surface area contributed by atoms with Gasteiger partial charge in [-0.25, -0.2) is 0 Å². The van der Waals surface area contributed by atoms with Crippen molar-refractivity contribution >= 4 is 40.4 Å². The largest absolute Gasteiger partial charge is 0.387 e. The third-order valence-electron chi connectivity index (χ3n) is 3.05. The maximum Gasteiger partial charge on any atom is 0.313 e. The fraction of sp³-hybridized carbons (Fsp3) is 0.188. The van der Waals surface area contributed by atoms with Crippen LogP contribution in [0.5, 0.6) is 0 Å². The van der Waals surface area contributed by atoms with Gasteiger partial charge in [0.1, 0.15) is 0 Å². The van der Waals surface area contributed by atoms with Gasteiger partial charge in [-0.3, -0.25) is 14.4 Å². The molecule has 0 radical (unpaired) electrons. The maximum absolute atomic E-state index is 11.8. The molecule has 0 aliphatic carbocycles. The SMILES string of the molecule is CC(=O)Nc1ccc(NC(=O)C(=O)NCC(O)c2ccsc2)cc1. The van der Waals surface area contributed by atoms with Crippen LogP contribution in [0.2, 0.25) is 0 Å². The average molecular weight is 347 g/mol. The first-order valence-electron chi connectivity index (χ1n) is 7.12. The van der Waals surface area contributed by atoms with Gasteiger partial charge in [0.2, 0.25) is 5.91 Å². The number of thiophene rings is 1. The van der Waals surface area contributed by atoms with Crippen LogP contribution < -0.4 is 16.0 Å². The van der Waals surface area contributed by atoms with E-state index in [1.54, 1.807) is 35.7 Å². The Morgan fingerprint density at radius 1 is 1.04 bits per heavy atom. The molecule has 2 rings (SSSR count). The second-order valence-corrected chi connectivity index (χ2v) is 5.78. The number of aliphatic hydroxyl groups is 1. The molecule has 1 unspecified atom stereocenters. The summed E-state index contributed by atoms with van der Waals surface area (Å²) in [6.45, 7) is 1.34. The van der Waals surface area contributed by atoms with Crippen LogP contribution in [0.3, 0.4) is 0 Å². The van der Waals surface area contributed by atoms with Crippen molar-refractivity contribution in [2.45, 2.75) is 13.0 Å². The first-order valence-corrected chi connectivity index (χ1v) is 8.07. The van der Waals surface area contributed by atoms with E-state index >= 15 is 0 Å². The number of carbonyl (C=O) groups is 3. The molecule has 1 atom stereocenters. The molecule has 4 N–H and O–H groups in total. The topological polar surface area (TPSA) is 108 Å². The van der Waals surface area contributed by atoms with E-state index < -0.39 is 17.9 Å². The minimum Gasteiger partial charge on any atom is -0.387 e. The van der Waals surface area contributed by atoms with E-state index in [0.717, 1.165) is 0 Å². The molecule has 0 aliphatic rings. The van der Waals surface area contributed by atoms with Gasteiger partial charge < -0.3 is 21.1 Å². The highest BCUT2D eigenvalue weighted by molar-refractivity contribution is 7.07. The lowest BCUT2D eigenvalue weighted by molar-refractivity contribution is -0.136. The highest BCUT2D eigenvalue weighted by atomic mass is 32.1. The lowest BCUT2D eigenvalue weighted by Crippen LogP contribution is -2.37. The van der Waals surface area contributed by atoms with Gasteiger partial charge in [0.15, 0.2) is 0 Å². The fourth-order valence-electron chi connectivity index (χ4n) is 1.88. The van der Waals surface area contributed by atoms with Gasteiger partial charge >= 0.3 is 11.8 Å². The quantitative estimate of drug-likeness (QED) is 0.615. The van der Waals surface area contributed by atoms with E-state index in [0.29, 0.717) is 16.9 Å². The van der Waals surface area contributed by atoms with Crippen LogP contribution in [0.25, 0.3) is 0 Å². The Morgan fingerprint density at radius 2 is 1.67 bits per heavy atom. The minimum absolute atomic E-state index is 0.0511. The molecule has 2 aromatic rings. The first kappa shape index (κ1) is 17.6. The van der Waals surface area contributed by atoms with E-state index in [1.807, 2.05) is 5.38 Å². The number of rotatable bonds is 5. The summed E-state index contributed by atoms with van der Waals surface area (Å²) in [6, 6.07) is 8.09. The molecule has 0 spiro atoms. The highest BCUT2D eigenvalue weighted by Gasteiger charge is 2.16. The van der Waals surface area contributed by atoms with Crippen LogP contribution in [0.1, 0.15) is 18.6 Å². The Hall–Kier alpha value is -2.71. The molecule has 7 nitrogen and oxygen atoms in total. The fourth-order valence-corrected chi connectivity index (χ4v) is 2.59. The molecule has 0 aliphatic heterocycles. The monoisotopic (exact) mass is 347 g/mol. The van der Waals surface area contributed by atoms with Crippen molar-refractivity contribution in [2.75, 3.05) is 17.2 Å². The summed E-state index contributed by atoms with van der Waals surface area (Å²) in [4.78, 5) is 34.5. The van der Waals surface area contributed by atoms with Crippen LogP contribution in [0.4, 0.5) is 11.4 Å². The molecule has 0 saturated heterocycles. The molecule has 0 bridgehead atoms. The Bertz CT molecular complexity index is 713. The minimum atomic E-state index is -0.857. The molecule has 8 heteroatoms. The van der Waals surface area contributed by atoms with E-state index in [2.05, 4.69) is 16.0 Å². The van der Waals surface area contributed by atoms with E-state index in [4.69, 9.17) is 0 Å². The Labute approximate surface area is 142 Å². The molecular weight excluding hydrogens is 330 g/mol. The lowest BCUT2D eigenvalue weighted by Gasteiger charge is -2.11. The van der Waals surface area contributed by atoms with Crippen molar-refractivity contribution in [2.24, 2.45) is 0 Å². The molecule has 1 aromatic heterocycles. The van der Waals surface area contributed by atoms with Crippen LogP contribution in [0, 0.1) is 0 Å². The normalized spacial score (nSPS) is 11.4. The lowest BCUT2D eigenvalue weighted by atomic mass is 10.2. The zero-order valence-corrected chi connectivity index (χ0v) is 13.7. The summed E-state index contributed by atoms with van der Waals surface area (Å²) < 4.78 is 0. The number of anilines is 2. The van der Waals surface area contributed by atoms with Crippen molar-refractivity contribution in [1.29, 1.82) is 0 Å². The number of amides is 3. The summed E-state index contributed by atoms with van der Waals surface area (Å²) in [7, 11) is 0. The first-order chi connectivity index (χ1) is 11.5. The molecule has 126 valence electrons. The van der Waals surface area contributed by atoms with Crippen LogP contribution in [0.15, 0.2) is 41.1 Å². The van der Waals surface area contributed by atoms with E-state index in [1.165, 1.54) is 18.3 Å². The zero-order chi connectivity index (χ0) is 17.5. The van der Waals surface area contributed by atoms with Gasteiger partial charge in [0.05, 0.1) is 6.10 Å². The number of nitrogens with one attached hydrogen (secondary N) is 3. The summed E-state index contributed by atoms with van der Waals surface area (Å²) in [6.07, 6.45) is -0.857. The third kappa shape index (κ3) is 5.18. The summed E-state index contributed by atoms with van der Waals surface area (Å²) in [5.41, 5.74) is 1.70. The molecule has 0 saturated carbocycles. The summed E-state index contributed by atoms with van der Waals surface area (Å²) in [5, 5.41) is 20.9. The van der Waals surface area contributed by atoms with Gasteiger partial charge in [-0.1, -0.05) is 0 Å². The van der Waals surface area contributed by atoms with Gasteiger partial charge in [0.25, 0.3) is 0 Å². The smallest absolute Gasteiger partial charge is 0.313 e. The third-order valence-corrected chi connectivity index (χ3v) is 3.75. The maximum atomic E-state index is 11.8. The summed E-state index contributed by atoms with van der Waals surface area (Å²) in [5.74, 6) is -1.87. The molecule has 0 fully saturated rings. The predicted octanol–water partition coefficient (Wildman–Crippen LogP) is 1.49. The standard InChI is InChI=1S/C16H17N3O4S/c1-10(20)18-12-2-4-13(5-3-12)19-16(23)15(22)17-8-14(21)11-6-7-24-9-11/h2-7,9,14,21H,8H2,1H3,(H,17,22)(H,18,20)(H,19,23). The molecule has 3 amide bonds. The van der Waals surface area contributed by atoms with E-state index in [9.17, 15) is 19.5 Å². The van der Waals surface area contributed by atoms with Gasteiger partial charge in [0, 0.05) is 24.8 Å². The molecular formula is C16H17N3O4S. The Balaban J connectivity index is 1.82. The van der Waals surface area contributed by atoms with Crippen molar-refractivity contribution in [3.8, 4) is 0 Å². The van der Waals surface area contributed by atoms with E-state index in [-0.39, 0.29) is 12.5 Å². The number of carbonyl (C=O) groups excluding carboxylic acids is 3.